The van der Waals surface area contributed by atoms with E-state index in [0.717, 1.165) is 4.31 Å². The molecule has 0 aliphatic rings. The van der Waals surface area contributed by atoms with Crippen molar-refractivity contribution >= 4 is 21.1 Å². The Bertz CT molecular complexity index is 1030. The van der Waals surface area contributed by atoms with E-state index in [2.05, 4.69) is 10.1 Å². The van der Waals surface area contributed by atoms with E-state index >= 15 is 0 Å². The number of aromatic nitrogens is 3. The number of sulfonamides is 1. The van der Waals surface area contributed by atoms with Crippen molar-refractivity contribution in [3.63, 3.8) is 0 Å². The Balaban J connectivity index is 2.09. The zero-order valence-electron chi connectivity index (χ0n) is 12.7. The van der Waals surface area contributed by atoms with E-state index in [1.165, 1.54) is 36.9 Å². The summed E-state index contributed by atoms with van der Waals surface area (Å²) >= 11 is 0. The summed E-state index contributed by atoms with van der Waals surface area (Å²) < 4.78 is 36.8. The maximum atomic E-state index is 12.1. The summed E-state index contributed by atoms with van der Waals surface area (Å²) in [5, 5.41) is 3.66. The van der Waals surface area contributed by atoms with Crippen LogP contribution in [-0.4, -0.2) is 41.5 Å². The second-order valence-corrected chi connectivity index (χ2v) is 7.26. The predicted octanol–water partition coefficient (Wildman–Crippen LogP) is 0.585. The summed E-state index contributed by atoms with van der Waals surface area (Å²) in [6.07, 6.45) is 0. The Labute approximate surface area is 131 Å². The number of hydrogen-bond donors (Lipinski definition) is 0. The van der Waals surface area contributed by atoms with Crippen LogP contribution in [0.5, 0.6) is 0 Å². The molecule has 3 aromatic rings. The highest BCUT2D eigenvalue weighted by atomic mass is 32.2. The average molecular weight is 338 g/mol. The fourth-order valence-electron chi connectivity index (χ4n) is 2.11. The largest absolute Gasteiger partial charge is 0.420 e. The van der Waals surface area contributed by atoms with Gasteiger partial charge in [-0.25, -0.2) is 17.5 Å². The third kappa shape index (κ3) is 2.66. The molecule has 0 aliphatic heterocycles. The molecule has 0 spiro atoms. The summed E-state index contributed by atoms with van der Waals surface area (Å²) in [7, 11) is -0.748. The third-order valence-electron chi connectivity index (χ3n) is 3.28. The molecule has 2 heterocycles. The van der Waals surface area contributed by atoms with Gasteiger partial charge in [0.25, 0.3) is 0 Å². The van der Waals surface area contributed by atoms with Gasteiger partial charge in [-0.1, -0.05) is 5.16 Å². The smallest absolute Gasteiger partial charge is 0.408 e. The second-order valence-electron chi connectivity index (χ2n) is 5.11. The molecule has 0 N–H and O–H groups in total. The lowest BCUT2D eigenvalue weighted by Gasteiger charge is -2.10. The molecule has 0 aliphatic carbocycles. The van der Waals surface area contributed by atoms with Gasteiger partial charge in [0.2, 0.25) is 15.9 Å². The van der Waals surface area contributed by atoms with Gasteiger partial charge in [0.15, 0.2) is 11.4 Å². The van der Waals surface area contributed by atoms with Gasteiger partial charge < -0.3 is 8.94 Å². The Morgan fingerprint density at radius 2 is 2.04 bits per heavy atom. The van der Waals surface area contributed by atoms with Crippen LogP contribution >= 0.6 is 0 Å². The zero-order valence-corrected chi connectivity index (χ0v) is 13.5. The van der Waals surface area contributed by atoms with Crippen LogP contribution in [0.4, 0.5) is 0 Å². The van der Waals surface area contributed by atoms with E-state index < -0.39 is 15.8 Å². The van der Waals surface area contributed by atoms with Gasteiger partial charge in [0.05, 0.1) is 10.4 Å². The average Bonchev–Trinajstić information content (AvgIpc) is 3.02. The quantitative estimate of drug-likeness (QED) is 0.684. The van der Waals surface area contributed by atoms with Gasteiger partial charge in [-0.3, -0.25) is 4.57 Å². The maximum absolute atomic E-state index is 12.1. The number of oxazole rings is 1. The number of nitrogens with zero attached hydrogens (tertiary/aromatic N) is 4. The minimum absolute atomic E-state index is 0.0459. The lowest BCUT2D eigenvalue weighted by atomic mass is 10.3. The summed E-state index contributed by atoms with van der Waals surface area (Å²) in [5.74, 6) is 0.0905. The highest BCUT2D eigenvalue weighted by Gasteiger charge is 2.20. The Hall–Kier alpha value is -2.46. The van der Waals surface area contributed by atoms with Crippen molar-refractivity contribution in [2.24, 2.45) is 0 Å². The van der Waals surface area contributed by atoms with Crippen molar-refractivity contribution in [3.8, 4) is 0 Å². The van der Waals surface area contributed by atoms with Crippen molar-refractivity contribution in [1.29, 1.82) is 0 Å². The molecule has 0 saturated carbocycles. The third-order valence-corrected chi connectivity index (χ3v) is 5.09. The van der Waals surface area contributed by atoms with Crippen LogP contribution in [0.2, 0.25) is 0 Å². The molecule has 0 saturated heterocycles. The lowest BCUT2D eigenvalue weighted by molar-refractivity contribution is 0.363. The van der Waals surface area contributed by atoms with Crippen LogP contribution in [0.1, 0.15) is 11.7 Å². The van der Waals surface area contributed by atoms with Gasteiger partial charge in [0.1, 0.15) is 6.54 Å². The molecule has 10 heteroatoms. The molecule has 3 rings (SSSR count). The van der Waals surface area contributed by atoms with Crippen molar-refractivity contribution in [3.05, 3.63) is 40.5 Å². The first-order chi connectivity index (χ1) is 10.8. The van der Waals surface area contributed by atoms with Crippen molar-refractivity contribution < 1.29 is 17.4 Å². The Morgan fingerprint density at radius 1 is 1.30 bits per heavy atom. The van der Waals surface area contributed by atoms with Crippen LogP contribution in [-0.2, 0) is 16.6 Å². The summed E-state index contributed by atoms with van der Waals surface area (Å²) in [5.41, 5.74) is 0.623. The van der Waals surface area contributed by atoms with Gasteiger partial charge in [0, 0.05) is 20.2 Å². The first-order valence-electron chi connectivity index (χ1n) is 6.64. The summed E-state index contributed by atoms with van der Waals surface area (Å²) in [4.78, 5) is 16.1. The summed E-state index contributed by atoms with van der Waals surface area (Å²) in [6, 6.07) is 4.25. The molecule has 2 aromatic heterocycles. The number of fused-ring (bicyclic) bond motifs is 1. The second kappa shape index (κ2) is 5.32. The molecule has 9 nitrogen and oxygen atoms in total. The number of hydrogen-bond acceptors (Lipinski definition) is 7. The zero-order chi connectivity index (χ0) is 16.8. The minimum atomic E-state index is -3.61. The molecule has 122 valence electrons. The van der Waals surface area contributed by atoms with Crippen LogP contribution in [0, 0.1) is 6.92 Å². The van der Waals surface area contributed by atoms with E-state index in [0.29, 0.717) is 11.3 Å². The predicted molar refractivity (Wildman–Crippen MR) is 79.5 cm³/mol. The molecule has 0 fully saturated rings. The Morgan fingerprint density at radius 3 is 2.65 bits per heavy atom. The maximum Gasteiger partial charge on any atom is 0.420 e. The molecule has 1 aromatic carbocycles. The standard InChI is InChI=1S/C13H14N4O5S/c1-8-14-12(22-15-8)7-17-10-5-4-9(23(19,20)16(2)3)6-11(10)21-13(17)18/h4-6H,7H2,1-3H3. The highest BCUT2D eigenvalue weighted by molar-refractivity contribution is 7.89. The summed E-state index contributed by atoms with van der Waals surface area (Å²) in [6.45, 7) is 1.72. The molecular weight excluding hydrogens is 324 g/mol. The minimum Gasteiger partial charge on any atom is -0.408 e. The van der Waals surface area contributed by atoms with Crippen molar-refractivity contribution in [2.75, 3.05) is 14.1 Å². The van der Waals surface area contributed by atoms with Crippen molar-refractivity contribution in [2.45, 2.75) is 18.4 Å². The van der Waals surface area contributed by atoms with Gasteiger partial charge >= 0.3 is 5.76 Å². The van der Waals surface area contributed by atoms with Crippen LogP contribution in [0.15, 0.2) is 36.8 Å². The highest BCUT2D eigenvalue weighted by Crippen LogP contribution is 2.20. The number of aryl methyl sites for hydroxylation is 1. The molecule has 0 atom stereocenters. The van der Waals surface area contributed by atoms with Gasteiger partial charge in [-0.05, 0) is 19.1 Å². The molecule has 0 radical (unpaired) electrons. The molecule has 0 amide bonds. The van der Waals surface area contributed by atoms with Gasteiger partial charge in [-0.15, -0.1) is 0 Å². The van der Waals surface area contributed by atoms with Crippen LogP contribution < -0.4 is 5.76 Å². The first kappa shape index (κ1) is 15.4. The van der Waals surface area contributed by atoms with Gasteiger partial charge in [-0.2, -0.15) is 4.98 Å². The van der Waals surface area contributed by atoms with E-state index in [1.54, 1.807) is 6.92 Å². The number of benzene rings is 1. The van der Waals surface area contributed by atoms with E-state index in [-0.39, 0.29) is 22.9 Å². The van der Waals surface area contributed by atoms with E-state index in [9.17, 15) is 13.2 Å². The SMILES string of the molecule is Cc1noc(Cn2c(=O)oc3cc(S(=O)(=O)N(C)C)ccc32)n1. The van der Waals surface area contributed by atoms with Crippen LogP contribution in [0.25, 0.3) is 11.1 Å². The van der Waals surface area contributed by atoms with E-state index in [4.69, 9.17) is 8.94 Å². The fourth-order valence-corrected chi connectivity index (χ4v) is 3.02. The number of rotatable bonds is 4. The molecular formula is C13H14N4O5S. The van der Waals surface area contributed by atoms with Crippen LogP contribution in [0.3, 0.4) is 0 Å². The molecule has 23 heavy (non-hydrogen) atoms. The topological polar surface area (TPSA) is 111 Å². The normalized spacial score (nSPS) is 12.3. The van der Waals surface area contributed by atoms with Crippen molar-refractivity contribution in [1.82, 2.24) is 19.0 Å². The lowest BCUT2D eigenvalue weighted by Crippen LogP contribution is -2.22. The fraction of sp³-hybridized carbons (Fsp3) is 0.308. The molecule has 0 unspecified atom stereocenters. The Kier molecular flexibility index (Phi) is 3.57. The first-order valence-corrected chi connectivity index (χ1v) is 8.08. The monoisotopic (exact) mass is 338 g/mol. The van der Waals surface area contributed by atoms with E-state index in [1.807, 2.05) is 0 Å². The molecule has 0 bridgehead atoms.